The van der Waals surface area contributed by atoms with Crippen molar-refractivity contribution in [3.05, 3.63) is 69.7 Å². The number of anilines is 1. The number of benzene rings is 2. The largest absolute Gasteiger partial charge is 0.325 e. The average Bonchev–Trinajstić information content (AvgIpc) is 2.61. The van der Waals surface area contributed by atoms with Gasteiger partial charge in [-0.2, -0.15) is 0 Å². The first-order chi connectivity index (χ1) is 12.0. The number of carbonyl (C=O) groups is 1. The van der Waals surface area contributed by atoms with Crippen LogP contribution in [-0.4, -0.2) is 21.6 Å². The van der Waals surface area contributed by atoms with E-state index in [1.54, 1.807) is 42.5 Å². The number of rotatable bonds is 5. The first-order valence-electron chi connectivity index (χ1n) is 7.69. The van der Waals surface area contributed by atoms with Crippen LogP contribution < -0.4 is 10.9 Å². The average molecular weight is 374 g/mol. The third-order valence-electron chi connectivity index (χ3n) is 3.61. The predicted molar refractivity (Wildman–Crippen MR) is 103 cm³/mol. The van der Waals surface area contributed by atoms with Gasteiger partial charge in [-0.3, -0.25) is 9.59 Å². The number of halogens is 1. The van der Waals surface area contributed by atoms with Crippen LogP contribution in [0.2, 0.25) is 5.02 Å². The molecule has 1 aromatic heterocycles. The number of carbonyl (C=O) groups excluding carboxylic acids is 1. The molecule has 1 heterocycles. The number of para-hydroxylation sites is 1. The van der Waals surface area contributed by atoms with Gasteiger partial charge in [-0.1, -0.05) is 23.7 Å². The van der Waals surface area contributed by atoms with Gasteiger partial charge in [0.25, 0.3) is 5.56 Å². The number of hydrogen-bond acceptors (Lipinski definition) is 4. The molecule has 25 heavy (non-hydrogen) atoms. The smallest absolute Gasteiger partial charge is 0.258 e. The summed E-state index contributed by atoms with van der Waals surface area (Å²) >= 11 is 7.23. The maximum Gasteiger partial charge on any atom is 0.258 e. The van der Waals surface area contributed by atoms with Crippen molar-refractivity contribution in [3.63, 3.8) is 0 Å². The summed E-state index contributed by atoms with van der Waals surface area (Å²) in [5, 5.41) is 3.87. The normalized spacial score (nSPS) is 12.1. The zero-order chi connectivity index (χ0) is 17.8. The molecule has 2 aromatic carbocycles. The molecule has 0 aliphatic heterocycles. The Morgan fingerprint density at radius 1 is 1.24 bits per heavy atom. The van der Waals surface area contributed by atoms with Crippen LogP contribution in [0.1, 0.15) is 18.0 Å². The van der Waals surface area contributed by atoms with E-state index >= 15 is 0 Å². The second-order valence-electron chi connectivity index (χ2n) is 5.48. The summed E-state index contributed by atoms with van der Waals surface area (Å²) in [7, 11) is 0. The van der Waals surface area contributed by atoms with Crippen molar-refractivity contribution in [3.8, 4) is 0 Å². The maximum absolute atomic E-state index is 12.1. The van der Waals surface area contributed by atoms with Gasteiger partial charge < -0.3 is 10.3 Å². The number of aromatic amines is 1. The highest BCUT2D eigenvalue weighted by atomic mass is 35.5. The van der Waals surface area contributed by atoms with Gasteiger partial charge in [0.05, 0.1) is 21.9 Å². The summed E-state index contributed by atoms with van der Waals surface area (Å²) in [6, 6.07) is 14.1. The molecular weight excluding hydrogens is 358 g/mol. The highest BCUT2D eigenvalue weighted by molar-refractivity contribution is 8.00. The minimum absolute atomic E-state index is 0.117. The van der Waals surface area contributed by atoms with Crippen molar-refractivity contribution >= 4 is 45.9 Å². The van der Waals surface area contributed by atoms with Crippen LogP contribution in [0, 0.1) is 0 Å². The zero-order valence-corrected chi connectivity index (χ0v) is 15.0. The minimum Gasteiger partial charge on any atom is -0.325 e. The summed E-state index contributed by atoms with van der Waals surface area (Å²) in [4.78, 5) is 31.5. The fourth-order valence-electron chi connectivity index (χ4n) is 2.31. The van der Waals surface area contributed by atoms with Gasteiger partial charge in [-0.05, 0) is 43.3 Å². The first-order valence-corrected chi connectivity index (χ1v) is 9.11. The number of fused-ring (bicyclic) bond motifs is 1. The van der Waals surface area contributed by atoms with E-state index in [2.05, 4.69) is 15.3 Å². The highest BCUT2D eigenvalue weighted by Gasteiger charge is 2.13. The molecule has 0 saturated heterocycles. The Bertz CT molecular complexity index is 956. The van der Waals surface area contributed by atoms with Crippen molar-refractivity contribution in [2.24, 2.45) is 0 Å². The van der Waals surface area contributed by atoms with E-state index in [-0.39, 0.29) is 22.5 Å². The molecule has 0 fully saturated rings. The van der Waals surface area contributed by atoms with E-state index in [0.29, 0.717) is 27.4 Å². The first kappa shape index (κ1) is 17.5. The number of H-pyrrole nitrogens is 1. The minimum atomic E-state index is -0.168. The zero-order valence-electron chi connectivity index (χ0n) is 13.5. The van der Waals surface area contributed by atoms with Crippen molar-refractivity contribution < 1.29 is 4.79 Å². The summed E-state index contributed by atoms with van der Waals surface area (Å²) < 4.78 is 0. The van der Waals surface area contributed by atoms with E-state index in [1.807, 2.05) is 13.0 Å². The molecule has 3 aromatic rings. The SMILES string of the molecule is C[C@H](SCC(=O)Nc1ccc(Cl)cc1)c1nc2ccccc2c(=O)[nH]1. The van der Waals surface area contributed by atoms with Gasteiger partial charge in [-0.15, -0.1) is 11.8 Å². The van der Waals surface area contributed by atoms with Crippen LogP contribution in [0.15, 0.2) is 53.3 Å². The van der Waals surface area contributed by atoms with Gasteiger partial charge in [-0.25, -0.2) is 4.98 Å². The Morgan fingerprint density at radius 3 is 2.72 bits per heavy atom. The number of nitrogens with one attached hydrogen (secondary N) is 2. The van der Waals surface area contributed by atoms with E-state index in [0.717, 1.165) is 0 Å². The van der Waals surface area contributed by atoms with E-state index in [1.165, 1.54) is 11.8 Å². The molecule has 0 spiro atoms. The Kier molecular flexibility index (Phi) is 5.40. The van der Waals surface area contributed by atoms with Crippen LogP contribution in [0.25, 0.3) is 10.9 Å². The summed E-state index contributed by atoms with van der Waals surface area (Å²) in [6.45, 7) is 1.91. The Labute approximate surface area is 153 Å². The molecule has 3 rings (SSSR count). The van der Waals surface area contributed by atoms with Crippen LogP contribution in [0.5, 0.6) is 0 Å². The maximum atomic E-state index is 12.1. The van der Waals surface area contributed by atoms with E-state index in [9.17, 15) is 9.59 Å². The lowest BCUT2D eigenvalue weighted by molar-refractivity contribution is -0.113. The lowest BCUT2D eigenvalue weighted by atomic mass is 10.2. The fraction of sp³-hybridized carbons (Fsp3) is 0.167. The van der Waals surface area contributed by atoms with Crippen molar-refractivity contribution in [2.45, 2.75) is 12.2 Å². The van der Waals surface area contributed by atoms with Crippen LogP contribution in [0.4, 0.5) is 5.69 Å². The fourth-order valence-corrected chi connectivity index (χ4v) is 3.18. The molecule has 0 aliphatic carbocycles. The second-order valence-corrected chi connectivity index (χ2v) is 7.24. The topological polar surface area (TPSA) is 74.8 Å². The third kappa shape index (κ3) is 4.41. The number of amides is 1. The molecule has 0 saturated carbocycles. The molecule has 2 N–H and O–H groups in total. The Balaban J connectivity index is 1.64. The van der Waals surface area contributed by atoms with Crippen LogP contribution in [-0.2, 0) is 4.79 Å². The molecule has 0 aliphatic rings. The van der Waals surface area contributed by atoms with Gasteiger partial charge in [0.2, 0.25) is 5.91 Å². The quantitative estimate of drug-likeness (QED) is 0.708. The highest BCUT2D eigenvalue weighted by Crippen LogP contribution is 2.25. The Morgan fingerprint density at radius 2 is 1.96 bits per heavy atom. The van der Waals surface area contributed by atoms with Gasteiger partial charge in [0, 0.05) is 10.7 Å². The molecule has 7 heteroatoms. The van der Waals surface area contributed by atoms with Crippen molar-refractivity contribution in [2.75, 3.05) is 11.1 Å². The van der Waals surface area contributed by atoms with E-state index < -0.39 is 0 Å². The number of hydrogen-bond donors (Lipinski definition) is 2. The van der Waals surface area contributed by atoms with E-state index in [4.69, 9.17) is 11.6 Å². The molecule has 0 unspecified atom stereocenters. The number of aromatic nitrogens is 2. The van der Waals surface area contributed by atoms with Gasteiger partial charge >= 0.3 is 0 Å². The molecule has 0 radical (unpaired) electrons. The van der Waals surface area contributed by atoms with Crippen LogP contribution in [0.3, 0.4) is 0 Å². The predicted octanol–water partition coefficient (Wildman–Crippen LogP) is 4.01. The standard InChI is InChI=1S/C18H16ClN3O2S/c1-11(17-21-15-5-3-2-4-14(15)18(24)22-17)25-10-16(23)20-13-8-6-12(19)7-9-13/h2-9,11H,10H2,1H3,(H,20,23)(H,21,22,24)/t11-/m0/s1. The molecule has 128 valence electrons. The van der Waals surface area contributed by atoms with Crippen LogP contribution >= 0.6 is 23.4 Å². The second kappa shape index (κ2) is 7.72. The third-order valence-corrected chi connectivity index (χ3v) is 5.01. The lowest BCUT2D eigenvalue weighted by Crippen LogP contribution is -2.16. The molecule has 1 atom stereocenters. The molecule has 0 bridgehead atoms. The number of thioether (sulfide) groups is 1. The molecule has 5 nitrogen and oxygen atoms in total. The summed E-state index contributed by atoms with van der Waals surface area (Å²) in [5.41, 5.74) is 1.18. The van der Waals surface area contributed by atoms with Crippen molar-refractivity contribution in [1.29, 1.82) is 0 Å². The summed E-state index contributed by atoms with van der Waals surface area (Å²) in [5.74, 6) is 0.690. The summed E-state index contributed by atoms with van der Waals surface area (Å²) in [6.07, 6.45) is 0. The lowest BCUT2D eigenvalue weighted by Gasteiger charge is -2.11. The number of nitrogens with zero attached hydrogens (tertiary/aromatic N) is 1. The van der Waals surface area contributed by atoms with Gasteiger partial charge in [0.15, 0.2) is 0 Å². The Hall–Kier alpha value is -2.31. The van der Waals surface area contributed by atoms with Gasteiger partial charge in [0.1, 0.15) is 5.82 Å². The molecule has 1 amide bonds. The molecular formula is C18H16ClN3O2S. The van der Waals surface area contributed by atoms with Crippen molar-refractivity contribution in [1.82, 2.24) is 9.97 Å². The monoisotopic (exact) mass is 373 g/mol.